The van der Waals surface area contributed by atoms with Crippen LogP contribution in [-0.2, 0) is 4.74 Å². The first-order chi connectivity index (χ1) is 7.99. The molecule has 5 heteroatoms. The summed E-state index contributed by atoms with van der Waals surface area (Å²) >= 11 is 3.24. The van der Waals surface area contributed by atoms with Crippen molar-refractivity contribution in [1.82, 2.24) is 0 Å². The van der Waals surface area contributed by atoms with Gasteiger partial charge in [0.05, 0.1) is 18.3 Å². The average Bonchev–Trinajstić information content (AvgIpc) is 2.23. The van der Waals surface area contributed by atoms with Crippen molar-refractivity contribution in [1.29, 1.82) is 0 Å². The highest BCUT2D eigenvalue weighted by molar-refractivity contribution is 9.10. The Balaban J connectivity index is 2.56. The third kappa shape index (κ3) is 5.19. The molecular formula is C12H15BrO4. The van der Waals surface area contributed by atoms with E-state index in [-0.39, 0.29) is 11.7 Å². The number of carbonyl (C=O) groups is 1. The van der Waals surface area contributed by atoms with Crippen LogP contribution >= 0.6 is 15.9 Å². The Morgan fingerprint density at radius 3 is 2.65 bits per heavy atom. The van der Waals surface area contributed by atoms with Gasteiger partial charge < -0.3 is 14.6 Å². The lowest BCUT2D eigenvalue weighted by Crippen LogP contribution is -2.11. The second-order valence-corrected chi connectivity index (χ2v) is 4.66. The number of halogens is 1. The summed E-state index contributed by atoms with van der Waals surface area (Å²) in [4.78, 5) is 10.8. The third-order valence-electron chi connectivity index (χ3n) is 1.92. The number of ether oxygens (including phenoxy) is 2. The summed E-state index contributed by atoms with van der Waals surface area (Å²) < 4.78 is 11.4. The summed E-state index contributed by atoms with van der Waals surface area (Å²) in [5.74, 6) is -0.460. The zero-order chi connectivity index (χ0) is 12.8. The monoisotopic (exact) mass is 302 g/mol. The average molecular weight is 303 g/mol. The van der Waals surface area contributed by atoms with E-state index in [1.54, 1.807) is 6.07 Å². The zero-order valence-electron chi connectivity index (χ0n) is 9.77. The Morgan fingerprint density at radius 1 is 1.35 bits per heavy atom. The highest BCUT2D eigenvalue weighted by atomic mass is 79.9. The second-order valence-electron chi connectivity index (χ2n) is 3.75. The molecule has 0 unspecified atom stereocenters. The number of benzene rings is 1. The van der Waals surface area contributed by atoms with Crippen LogP contribution in [0.3, 0.4) is 0 Å². The summed E-state index contributed by atoms with van der Waals surface area (Å²) in [5, 5.41) is 8.88. The topological polar surface area (TPSA) is 55.8 Å². The Kier molecular flexibility index (Phi) is 5.44. The van der Waals surface area contributed by atoms with Gasteiger partial charge in [-0.15, -0.1) is 0 Å². The minimum Gasteiger partial charge on any atom is -0.491 e. The van der Waals surface area contributed by atoms with Crippen LogP contribution in [0.5, 0.6) is 5.75 Å². The van der Waals surface area contributed by atoms with E-state index in [9.17, 15) is 4.79 Å². The predicted molar refractivity (Wildman–Crippen MR) is 67.7 cm³/mol. The van der Waals surface area contributed by atoms with Crippen molar-refractivity contribution < 1.29 is 19.4 Å². The van der Waals surface area contributed by atoms with E-state index in [0.717, 1.165) is 0 Å². The molecule has 0 heterocycles. The number of hydrogen-bond acceptors (Lipinski definition) is 3. The van der Waals surface area contributed by atoms with Crippen LogP contribution in [0, 0.1) is 0 Å². The number of carboxylic acids is 1. The van der Waals surface area contributed by atoms with Gasteiger partial charge in [-0.2, -0.15) is 0 Å². The molecule has 0 radical (unpaired) electrons. The fourth-order valence-corrected chi connectivity index (χ4v) is 1.69. The molecule has 0 saturated carbocycles. The highest BCUT2D eigenvalue weighted by Gasteiger charge is 2.06. The van der Waals surface area contributed by atoms with Crippen molar-refractivity contribution in [3.8, 4) is 5.75 Å². The number of hydrogen-bond donors (Lipinski definition) is 1. The quantitative estimate of drug-likeness (QED) is 0.821. The Labute approximate surface area is 109 Å². The summed E-state index contributed by atoms with van der Waals surface area (Å²) in [6.45, 7) is 4.77. The molecule has 0 aliphatic rings. The molecule has 0 aromatic heterocycles. The molecule has 1 N–H and O–H groups in total. The van der Waals surface area contributed by atoms with Crippen molar-refractivity contribution >= 4 is 21.9 Å². The molecule has 0 atom stereocenters. The molecule has 0 fully saturated rings. The van der Waals surface area contributed by atoms with Gasteiger partial charge in [-0.3, -0.25) is 0 Å². The summed E-state index contributed by atoms with van der Waals surface area (Å²) in [7, 11) is 0. The number of aromatic carboxylic acids is 1. The van der Waals surface area contributed by atoms with Crippen LogP contribution in [0.25, 0.3) is 0 Å². The largest absolute Gasteiger partial charge is 0.491 e. The fourth-order valence-electron chi connectivity index (χ4n) is 1.21. The molecule has 0 aliphatic heterocycles. The van der Waals surface area contributed by atoms with Gasteiger partial charge in [0.2, 0.25) is 0 Å². The van der Waals surface area contributed by atoms with E-state index in [4.69, 9.17) is 14.6 Å². The van der Waals surface area contributed by atoms with Gasteiger partial charge in [0, 0.05) is 4.47 Å². The van der Waals surface area contributed by atoms with Crippen molar-refractivity contribution in [2.75, 3.05) is 13.2 Å². The van der Waals surface area contributed by atoms with Crippen LogP contribution in [0.2, 0.25) is 0 Å². The van der Waals surface area contributed by atoms with Crippen molar-refractivity contribution in [3.05, 3.63) is 28.2 Å². The first-order valence-corrected chi connectivity index (χ1v) is 6.06. The highest BCUT2D eigenvalue weighted by Crippen LogP contribution is 2.21. The van der Waals surface area contributed by atoms with Gasteiger partial charge in [0.25, 0.3) is 0 Å². The molecule has 0 amide bonds. The molecule has 0 saturated heterocycles. The lowest BCUT2D eigenvalue weighted by Gasteiger charge is -2.10. The van der Waals surface area contributed by atoms with Crippen LogP contribution in [0.1, 0.15) is 24.2 Å². The minimum atomic E-state index is -0.977. The summed E-state index contributed by atoms with van der Waals surface area (Å²) in [6, 6.07) is 4.74. The second kappa shape index (κ2) is 6.61. The maximum Gasteiger partial charge on any atom is 0.335 e. The van der Waals surface area contributed by atoms with E-state index in [1.807, 2.05) is 13.8 Å². The lowest BCUT2D eigenvalue weighted by molar-refractivity contribution is 0.0552. The molecule has 0 spiro atoms. The molecular weight excluding hydrogens is 288 g/mol. The lowest BCUT2D eigenvalue weighted by atomic mass is 10.2. The normalized spacial score (nSPS) is 10.6. The predicted octanol–water partition coefficient (Wildman–Crippen LogP) is 2.95. The molecule has 1 rings (SSSR count). The first kappa shape index (κ1) is 14.0. The number of rotatable bonds is 6. The molecule has 0 bridgehead atoms. The maximum atomic E-state index is 10.8. The Bertz CT molecular complexity index is 390. The fraction of sp³-hybridized carbons (Fsp3) is 0.417. The summed E-state index contributed by atoms with van der Waals surface area (Å²) in [5.41, 5.74) is 0.194. The third-order valence-corrected chi connectivity index (χ3v) is 2.38. The van der Waals surface area contributed by atoms with Crippen LogP contribution in [0.15, 0.2) is 22.7 Å². The van der Waals surface area contributed by atoms with Crippen LogP contribution in [0.4, 0.5) is 0 Å². The van der Waals surface area contributed by atoms with E-state index in [2.05, 4.69) is 15.9 Å². The van der Waals surface area contributed by atoms with Crippen molar-refractivity contribution in [2.45, 2.75) is 20.0 Å². The van der Waals surface area contributed by atoms with Gasteiger partial charge >= 0.3 is 5.97 Å². The standard InChI is InChI=1S/C12H15BrO4/c1-8(2)16-3-4-17-11-6-9(12(14)15)5-10(13)7-11/h5-8H,3-4H2,1-2H3,(H,14,15). The van der Waals surface area contributed by atoms with Crippen molar-refractivity contribution in [3.63, 3.8) is 0 Å². The van der Waals surface area contributed by atoms with E-state index >= 15 is 0 Å². The SMILES string of the molecule is CC(C)OCCOc1cc(Br)cc(C(=O)O)c1. The van der Waals surface area contributed by atoms with Crippen molar-refractivity contribution in [2.24, 2.45) is 0 Å². The van der Waals surface area contributed by atoms with Gasteiger partial charge in [-0.1, -0.05) is 15.9 Å². The zero-order valence-corrected chi connectivity index (χ0v) is 11.4. The molecule has 94 valence electrons. The minimum absolute atomic E-state index is 0.163. The van der Waals surface area contributed by atoms with Gasteiger partial charge in [0.1, 0.15) is 12.4 Å². The molecule has 1 aromatic carbocycles. The Hall–Kier alpha value is -1.07. The first-order valence-electron chi connectivity index (χ1n) is 5.27. The molecule has 1 aromatic rings. The van der Waals surface area contributed by atoms with Crippen LogP contribution < -0.4 is 4.74 Å². The van der Waals surface area contributed by atoms with Crippen LogP contribution in [-0.4, -0.2) is 30.4 Å². The van der Waals surface area contributed by atoms with E-state index < -0.39 is 5.97 Å². The van der Waals surface area contributed by atoms with Gasteiger partial charge in [-0.05, 0) is 32.0 Å². The molecule has 0 aliphatic carbocycles. The Morgan fingerprint density at radius 2 is 2.06 bits per heavy atom. The van der Waals surface area contributed by atoms with E-state index in [0.29, 0.717) is 23.4 Å². The summed E-state index contributed by atoms with van der Waals surface area (Å²) in [6.07, 6.45) is 0.163. The maximum absolute atomic E-state index is 10.8. The smallest absolute Gasteiger partial charge is 0.335 e. The van der Waals surface area contributed by atoms with E-state index in [1.165, 1.54) is 12.1 Å². The molecule has 4 nitrogen and oxygen atoms in total. The van der Waals surface area contributed by atoms with Gasteiger partial charge in [0.15, 0.2) is 0 Å². The molecule has 17 heavy (non-hydrogen) atoms. The number of carboxylic acid groups (broad SMARTS) is 1. The van der Waals surface area contributed by atoms with Gasteiger partial charge in [-0.25, -0.2) is 4.79 Å².